The Morgan fingerprint density at radius 1 is 1.16 bits per heavy atom. The zero-order valence-electron chi connectivity index (χ0n) is 18.2. The number of likely N-dealkylation sites (tertiary alicyclic amines) is 1. The zero-order chi connectivity index (χ0) is 21.5. The number of fused-ring (bicyclic) bond motifs is 1. The second kappa shape index (κ2) is 7.92. The van der Waals surface area contributed by atoms with Gasteiger partial charge in [0, 0.05) is 49.7 Å². The lowest BCUT2D eigenvalue weighted by atomic mass is 9.98. The summed E-state index contributed by atoms with van der Waals surface area (Å²) in [6.07, 6.45) is 7.67. The number of hydrogen-bond donors (Lipinski definition) is 1. The van der Waals surface area contributed by atoms with Crippen LogP contribution in [0.3, 0.4) is 0 Å². The fourth-order valence-corrected chi connectivity index (χ4v) is 4.81. The molecule has 0 unspecified atom stereocenters. The number of aromatic nitrogens is 4. The molecule has 0 aromatic carbocycles. The van der Waals surface area contributed by atoms with Crippen molar-refractivity contribution in [1.29, 1.82) is 0 Å². The number of amides is 1. The number of nitrogens with two attached hydrogens (primary N) is 1. The van der Waals surface area contributed by atoms with E-state index in [4.69, 9.17) is 15.8 Å². The molecule has 0 aliphatic carbocycles. The lowest BCUT2D eigenvalue weighted by molar-refractivity contribution is 0.0598. The summed E-state index contributed by atoms with van der Waals surface area (Å²) in [7, 11) is 0. The first-order chi connectivity index (χ1) is 15.0. The molecule has 162 valence electrons. The number of anilines is 1. The Labute approximate surface area is 182 Å². The lowest BCUT2D eigenvalue weighted by Gasteiger charge is -2.34. The summed E-state index contributed by atoms with van der Waals surface area (Å²) >= 11 is 0. The van der Waals surface area contributed by atoms with Gasteiger partial charge in [0.25, 0.3) is 5.91 Å². The van der Waals surface area contributed by atoms with E-state index in [1.165, 1.54) is 0 Å². The Morgan fingerprint density at radius 3 is 2.81 bits per heavy atom. The van der Waals surface area contributed by atoms with Crippen molar-refractivity contribution in [2.45, 2.75) is 51.6 Å². The minimum Gasteiger partial charge on any atom is -0.355 e. The number of aryl methyl sites for hydroxylation is 2. The molecule has 3 aromatic heterocycles. The van der Waals surface area contributed by atoms with Crippen LogP contribution < -0.4 is 10.6 Å². The summed E-state index contributed by atoms with van der Waals surface area (Å²) in [5.41, 5.74) is 10.3. The number of rotatable bonds is 3. The van der Waals surface area contributed by atoms with Gasteiger partial charge >= 0.3 is 0 Å². The first-order valence-electron chi connectivity index (χ1n) is 11.1. The van der Waals surface area contributed by atoms with E-state index in [9.17, 15) is 4.79 Å². The van der Waals surface area contributed by atoms with Crippen molar-refractivity contribution in [2.24, 2.45) is 5.73 Å². The van der Waals surface area contributed by atoms with Crippen LogP contribution in [0, 0.1) is 13.8 Å². The van der Waals surface area contributed by atoms with Crippen LogP contribution in [0.15, 0.2) is 30.6 Å². The number of carbonyl (C=O) groups is 1. The third-order valence-electron chi connectivity index (χ3n) is 6.47. The van der Waals surface area contributed by atoms with Crippen LogP contribution in [-0.2, 0) is 0 Å². The molecule has 2 N–H and O–H groups in total. The molecule has 8 nitrogen and oxygen atoms in total. The molecule has 5 heterocycles. The van der Waals surface area contributed by atoms with E-state index in [2.05, 4.69) is 16.8 Å². The molecular weight excluding hydrogens is 390 g/mol. The second-order valence-corrected chi connectivity index (χ2v) is 8.79. The average Bonchev–Trinajstić information content (AvgIpc) is 3.38. The fourth-order valence-electron chi connectivity index (χ4n) is 4.81. The second-order valence-electron chi connectivity index (χ2n) is 8.79. The van der Waals surface area contributed by atoms with Gasteiger partial charge in [-0.1, -0.05) is 6.07 Å². The normalized spacial score (nSPS) is 21.8. The van der Waals surface area contributed by atoms with Crippen molar-refractivity contribution in [3.8, 4) is 0 Å². The monoisotopic (exact) mass is 419 g/mol. The molecule has 2 atom stereocenters. The largest absolute Gasteiger partial charge is 0.355 e. The van der Waals surface area contributed by atoms with E-state index in [1.807, 2.05) is 40.7 Å². The zero-order valence-corrected chi connectivity index (χ0v) is 18.2. The van der Waals surface area contributed by atoms with Gasteiger partial charge in [-0.15, -0.1) is 0 Å². The van der Waals surface area contributed by atoms with Gasteiger partial charge in [0.1, 0.15) is 11.5 Å². The molecule has 2 aliphatic heterocycles. The highest BCUT2D eigenvalue weighted by Gasteiger charge is 2.32. The van der Waals surface area contributed by atoms with Gasteiger partial charge in [0.05, 0.1) is 11.7 Å². The third kappa shape index (κ3) is 3.65. The summed E-state index contributed by atoms with van der Waals surface area (Å²) < 4.78 is 1.84. The van der Waals surface area contributed by atoms with Crippen molar-refractivity contribution in [3.63, 3.8) is 0 Å². The van der Waals surface area contributed by atoms with Gasteiger partial charge < -0.3 is 15.5 Å². The number of pyridine rings is 1. The molecule has 2 aliphatic rings. The smallest absolute Gasteiger partial charge is 0.273 e. The Hall–Kier alpha value is -3.00. The van der Waals surface area contributed by atoms with Crippen molar-refractivity contribution < 1.29 is 4.79 Å². The van der Waals surface area contributed by atoms with Gasteiger partial charge in [-0.05, 0) is 51.2 Å². The molecule has 0 bridgehead atoms. The Balaban J connectivity index is 1.48. The molecule has 2 fully saturated rings. The Kier molecular flexibility index (Phi) is 5.09. The molecule has 31 heavy (non-hydrogen) atoms. The fraction of sp³-hybridized carbons (Fsp3) is 0.478. The van der Waals surface area contributed by atoms with Crippen molar-refractivity contribution in [2.75, 3.05) is 24.5 Å². The number of hydrogen-bond acceptors (Lipinski definition) is 6. The summed E-state index contributed by atoms with van der Waals surface area (Å²) in [5, 5.41) is 4.83. The van der Waals surface area contributed by atoms with Gasteiger partial charge in [-0.25, -0.2) is 9.50 Å². The third-order valence-corrected chi connectivity index (χ3v) is 6.47. The topological polar surface area (TPSA) is 92.7 Å². The average molecular weight is 420 g/mol. The first kappa shape index (κ1) is 19.9. The van der Waals surface area contributed by atoms with Crippen LogP contribution in [0.25, 0.3) is 5.65 Å². The number of nitrogens with zero attached hydrogens (tertiary/aromatic N) is 6. The predicted octanol–water partition coefficient (Wildman–Crippen LogP) is 2.65. The van der Waals surface area contributed by atoms with Crippen molar-refractivity contribution in [3.05, 3.63) is 53.1 Å². The molecule has 0 radical (unpaired) electrons. The number of carbonyl (C=O) groups excluding carboxylic acids is 1. The van der Waals surface area contributed by atoms with E-state index >= 15 is 0 Å². The Morgan fingerprint density at radius 2 is 2.03 bits per heavy atom. The molecule has 3 aromatic rings. The van der Waals surface area contributed by atoms with Crippen LogP contribution in [0.5, 0.6) is 0 Å². The molecule has 0 spiro atoms. The molecular formula is C23H29N7O. The lowest BCUT2D eigenvalue weighted by Crippen LogP contribution is -2.39. The van der Waals surface area contributed by atoms with Gasteiger partial charge in [-0.2, -0.15) is 5.10 Å². The predicted molar refractivity (Wildman–Crippen MR) is 119 cm³/mol. The minimum absolute atomic E-state index is 0.0178. The van der Waals surface area contributed by atoms with Gasteiger partial charge in [0.2, 0.25) is 0 Å². The minimum atomic E-state index is -0.0617. The van der Waals surface area contributed by atoms with E-state index in [0.717, 1.165) is 73.6 Å². The highest BCUT2D eigenvalue weighted by molar-refractivity contribution is 5.94. The van der Waals surface area contributed by atoms with Crippen LogP contribution in [-0.4, -0.2) is 56.1 Å². The maximum Gasteiger partial charge on any atom is 0.273 e. The highest BCUT2D eigenvalue weighted by Crippen LogP contribution is 2.32. The summed E-state index contributed by atoms with van der Waals surface area (Å²) in [5.74, 6) is 0.961. The molecule has 1 amide bonds. The number of piperidine rings is 1. The Bertz CT molecular complexity index is 1120. The first-order valence-corrected chi connectivity index (χ1v) is 11.1. The molecule has 2 saturated heterocycles. The van der Waals surface area contributed by atoms with E-state index in [0.29, 0.717) is 5.69 Å². The summed E-state index contributed by atoms with van der Waals surface area (Å²) in [6, 6.07) is 5.96. The van der Waals surface area contributed by atoms with Crippen molar-refractivity contribution >= 4 is 17.4 Å². The van der Waals surface area contributed by atoms with E-state index in [1.54, 1.807) is 6.20 Å². The van der Waals surface area contributed by atoms with Crippen LogP contribution in [0.4, 0.5) is 5.82 Å². The quantitative estimate of drug-likeness (QED) is 0.702. The maximum absolute atomic E-state index is 13.3. The molecule has 0 saturated carbocycles. The van der Waals surface area contributed by atoms with E-state index < -0.39 is 0 Å². The highest BCUT2D eigenvalue weighted by atomic mass is 16.2. The maximum atomic E-state index is 13.3. The molecule has 5 rings (SSSR count). The standard InChI is InChI=1S/C23H29N7O/c1-15-6-5-9-25-21(15)23(31)29-10-4-3-7-19(29)18-12-20-26-22(16(2)13-30(20)27-18)28-11-8-17(24)14-28/h5-6,9,12-13,17,19H,3-4,7-8,10-11,14,24H2,1-2H3/t17-,19+/m0/s1. The van der Waals surface area contributed by atoms with Gasteiger partial charge in [-0.3, -0.25) is 9.78 Å². The van der Waals surface area contributed by atoms with E-state index in [-0.39, 0.29) is 18.0 Å². The molecule has 8 heteroatoms. The van der Waals surface area contributed by atoms with Crippen LogP contribution >= 0.6 is 0 Å². The SMILES string of the molecule is Cc1cccnc1C(=O)N1CCCC[C@@H]1c1cc2nc(N3CC[C@H](N)C3)c(C)cn2n1. The van der Waals surface area contributed by atoms with Crippen LogP contribution in [0.2, 0.25) is 0 Å². The van der Waals surface area contributed by atoms with Crippen LogP contribution in [0.1, 0.15) is 59.0 Å². The summed E-state index contributed by atoms with van der Waals surface area (Å²) in [6.45, 7) is 6.48. The summed E-state index contributed by atoms with van der Waals surface area (Å²) in [4.78, 5) is 26.8. The van der Waals surface area contributed by atoms with Gasteiger partial charge in [0.15, 0.2) is 5.65 Å². The van der Waals surface area contributed by atoms with Crippen molar-refractivity contribution in [1.82, 2.24) is 24.5 Å².